The minimum absolute atomic E-state index is 0.164. The molecular formula is C19H20FN3O3S. The summed E-state index contributed by atoms with van der Waals surface area (Å²) in [6.45, 7) is 1.42. The molecular weight excluding hydrogens is 369 g/mol. The Kier molecular flexibility index (Phi) is 6.41. The molecule has 1 aliphatic rings. The number of nitro groups is 1. The second-order valence-electron chi connectivity index (χ2n) is 6.26. The van der Waals surface area contributed by atoms with E-state index in [0.717, 1.165) is 36.2 Å². The van der Waals surface area contributed by atoms with Gasteiger partial charge in [-0.05, 0) is 11.6 Å². The highest BCUT2D eigenvalue weighted by Gasteiger charge is 2.24. The number of halogens is 1. The number of nitrogens with zero attached hydrogens (tertiary/aromatic N) is 2. The van der Waals surface area contributed by atoms with Crippen LogP contribution in [0.5, 0.6) is 0 Å². The molecule has 6 nitrogen and oxygen atoms in total. The fourth-order valence-corrected chi connectivity index (χ4v) is 4.23. The lowest BCUT2D eigenvalue weighted by Gasteiger charge is -2.35. The Balaban J connectivity index is 1.61. The summed E-state index contributed by atoms with van der Waals surface area (Å²) in [7, 11) is 0. The van der Waals surface area contributed by atoms with Crippen molar-refractivity contribution in [2.24, 2.45) is 0 Å². The molecule has 0 saturated carbocycles. The number of nitrogens with one attached hydrogen (secondary N) is 1. The van der Waals surface area contributed by atoms with Gasteiger partial charge in [-0.15, -0.1) is 0 Å². The smallest absolute Gasteiger partial charge is 0.271 e. The molecule has 0 bridgehead atoms. The van der Waals surface area contributed by atoms with Gasteiger partial charge in [-0.25, -0.2) is 4.39 Å². The van der Waals surface area contributed by atoms with Crippen molar-refractivity contribution in [3.63, 3.8) is 0 Å². The molecule has 1 saturated heterocycles. The lowest BCUT2D eigenvalue weighted by Crippen LogP contribution is -2.38. The van der Waals surface area contributed by atoms with Gasteiger partial charge in [-0.1, -0.05) is 30.3 Å². The number of rotatable bonds is 6. The van der Waals surface area contributed by atoms with E-state index in [1.165, 1.54) is 5.56 Å². The quantitative estimate of drug-likeness (QED) is 0.600. The number of nitro benzene ring substituents is 1. The molecule has 2 aromatic carbocycles. The molecule has 1 fully saturated rings. The molecule has 0 aromatic heterocycles. The molecule has 8 heteroatoms. The summed E-state index contributed by atoms with van der Waals surface area (Å²) in [6, 6.07) is 13.5. The number of carbonyl (C=O) groups excluding carboxylic acids is 1. The van der Waals surface area contributed by atoms with Crippen LogP contribution in [-0.2, 0) is 4.79 Å². The zero-order valence-corrected chi connectivity index (χ0v) is 15.5. The minimum Gasteiger partial charge on any atom is -0.323 e. The van der Waals surface area contributed by atoms with Crippen molar-refractivity contribution in [1.29, 1.82) is 0 Å². The highest BCUT2D eigenvalue weighted by Crippen LogP contribution is 2.29. The van der Waals surface area contributed by atoms with Crippen LogP contribution in [0, 0.1) is 15.9 Å². The first kappa shape index (κ1) is 19.3. The number of thioether (sulfide) groups is 1. The minimum atomic E-state index is -0.689. The Labute approximate surface area is 160 Å². The fraction of sp³-hybridized carbons (Fsp3) is 0.316. The number of benzene rings is 2. The maximum atomic E-state index is 13.8. The first-order chi connectivity index (χ1) is 13.0. The van der Waals surface area contributed by atoms with Gasteiger partial charge in [-0.2, -0.15) is 11.8 Å². The molecule has 1 N–H and O–H groups in total. The van der Waals surface area contributed by atoms with Crippen LogP contribution in [0.3, 0.4) is 0 Å². The average Bonchev–Trinajstić information content (AvgIpc) is 2.69. The molecule has 1 atom stereocenters. The van der Waals surface area contributed by atoms with E-state index in [9.17, 15) is 19.3 Å². The zero-order valence-electron chi connectivity index (χ0n) is 14.6. The van der Waals surface area contributed by atoms with Gasteiger partial charge in [0, 0.05) is 49.2 Å². The standard InChI is InChI=1S/C19H20FN3O3S/c20-16-7-6-15(23(25)26)12-17(16)21-19(24)8-9-22-10-11-27-13-18(22)14-4-2-1-3-5-14/h1-7,12,18H,8-11,13H2,(H,21,24). The highest BCUT2D eigenvalue weighted by atomic mass is 32.2. The number of non-ortho nitro benzene ring substituents is 1. The van der Waals surface area contributed by atoms with E-state index in [1.807, 2.05) is 30.0 Å². The lowest BCUT2D eigenvalue weighted by atomic mass is 10.1. The molecule has 0 aliphatic carbocycles. The molecule has 2 aromatic rings. The topological polar surface area (TPSA) is 75.5 Å². The van der Waals surface area contributed by atoms with E-state index in [4.69, 9.17) is 0 Å². The first-order valence-electron chi connectivity index (χ1n) is 8.65. The second kappa shape index (κ2) is 8.96. The van der Waals surface area contributed by atoms with E-state index < -0.39 is 10.7 Å². The third kappa shape index (κ3) is 5.05. The molecule has 0 radical (unpaired) electrons. The molecule has 0 spiro atoms. The van der Waals surface area contributed by atoms with Crippen molar-refractivity contribution >= 4 is 29.0 Å². The number of amides is 1. The van der Waals surface area contributed by atoms with E-state index in [-0.39, 0.29) is 29.7 Å². The monoisotopic (exact) mass is 389 g/mol. The predicted octanol–water partition coefficient (Wildman–Crippen LogP) is 3.85. The molecule has 1 aliphatic heterocycles. The molecule has 27 heavy (non-hydrogen) atoms. The van der Waals surface area contributed by atoms with Gasteiger partial charge < -0.3 is 5.32 Å². The summed E-state index contributed by atoms with van der Waals surface area (Å²) in [5.74, 6) is 0.917. The van der Waals surface area contributed by atoms with Gasteiger partial charge in [0.05, 0.1) is 10.6 Å². The van der Waals surface area contributed by atoms with Crippen LogP contribution in [0.1, 0.15) is 18.0 Å². The second-order valence-corrected chi connectivity index (χ2v) is 7.41. The van der Waals surface area contributed by atoms with Crippen LogP contribution >= 0.6 is 11.8 Å². The molecule has 142 valence electrons. The Hall–Kier alpha value is -2.45. The van der Waals surface area contributed by atoms with Gasteiger partial charge in [0.1, 0.15) is 5.82 Å². The van der Waals surface area contributed by atoms with Crippen LogP contribution in [0.15, 0.2) is 48.5 Å². The van der Waals surface area contributed by atoms with Gasteiger partial charge in [-0.3, -0.25) is 19.8 Å². The highest BCUT2D eigenvalue weighted by molar-refractivity contribution is 7.99. The van der Waals surface area contributed by atoms with Gasteiger partial charge in [0.25, 0.3) is 5.69 Å². The van der Waals surface area contributed by atoms with E-state index in [1.54, 1.807) is 0 Å². The Morgan fingerprint density at radius 2 is 2.07 bits per heavy atom. The van der Waals surface area contributed by atoms with E-state index in [2.05, 4.69) is 22.3 Å². The van der Waals surface area contributed by atoms with Crippen LogP contribution in [0.25, 0.3) is 0 Å². The average molecular weight is 389 g/mol. The zero-order chi connectivity index (χ0) is 19.2. The predicted molar refractivity (Wildman–Crippen MR) is 104 cm³/mol. The van der Waals surface area contributed by atoms with Crippen molar-refractivity contribution < 1.29 is 14.1 Å². The normalized spacial score (nSPS) is 17.4. The maximum Gasteiger partial charge on any atom is 0.271 e. The maximum absolute atomic E-state index is 13.8. The first-order valence-corrected chi connectivity index (χ1v) is 9.80. The Morgan fingerprint density at radius 1 is 1.30 bits per heavy atom. The SMILES string of the molecule is O=C(CCN1CCSCC1c1ccccc1)Nc1cc([N+](=O)[O-])ccc1F. The summed E-state index contributed by atoms with van der Waals surface area (Å²) in [6.07, 6.45) is 0.191. The Bertz CT molecular complexity index is 819. The van der Waals surface area contributed by atoms with Gasteiger partial charge in [0.2, 0.25) is 5.91 Å². The van der Waals surface area contributed by atoms with Crippen LogP contribution in [0.4, 0.5) is 15.8 Å². The lowest BCUT2D eigenvalue weighted by molar-refractivity contribution is -0.384. The van der Waals surface area contributed by atoms with Crippen LogP contribution < -0.4 is 5.32 Å². The van der Waals surface area contributed by atoms with E-state index in [0.29, 0.717) is 6.54 Å². The summed E-state index contributed by atoms with van der Waals surface area (Å²) in [5.41, 5.74) is 0.793. The van der Waals surface area contributed by atoms with Crippen molar-refractivity contribution in [2.75, 3.05) is 29.9 Å². The fourth-order valence-electron chi connectivity index (χ4n) is 3.07. The van der Waals surface area contributed by atoms with Crippen LogP contribution in [0.2, 0.25) is 0 Å². The molecule has 1 amide bonds. The third-order valence-corrected chi connectivity index (χ3v) is 5.51. The molecule has 3 rings (SSSR count). The summed E-state index contributed by atoms with van der Waals surface area (Å²) in [4.78, 5) is 24.7. The van der Waals surface area contributed by atoms with Crippen molar-refractivity contribution in [2.45, 2.75) is 12.5 Å². The van der Waals surface area contributed by atoms with Gasteiger partial charge >= 0.3 is 0 Å². The number of anilines is 1. The number of hydrogen-bond donors (Lipinski definition) is 1. The molecule has 1 heterocycles. The number of hydrogen-bond acceptors (Lipinski definition) is 5. The Morgan fingerprint density at radius 3 is 2.81 bits per heavy atom. The van der Waals surface area contributed by atoms with Gasteiger partial charge in [0.15, 0.2) is 0 Å². The van der Waals surface area contributed by atoms with Crippen LogP contribution in [-0.4, -0.2) is 40.3 Å². The largest absolute Gasteiger partial charge is 0.323 e. The summed E-state index contributed by atoms with van der Waals surface area (Å²) >= 11 is 1.89. The summed E-state index contributed by atoms with van der Waals surface area (Å²) < 4.78 is 13.8. The van der Waals surface area contributed by atoms with Crippen molar-refractivity contribution in [3.05, 3.63) is 70.0 Å². The van der Waals surface area contributed by atoms with Crippen molar-refractivity contribution in [1.82, 2.24) is 4.90 Å². The van der Waals surface area contributed by atoms with Crippen molar-refractivity contribution in [3.8, 4) is 0 Å². The van der Waals surface area contributed by atoms with E-state index >= 15 is 0 Å². The summed E-state index contributed by atoms with van der Waals surface area (Å²) in [5, 5.41) is 13.3. The number of carbonyl (C=O) groups is 1. The molecule has 1 unspecified atom stereocenters. The third-order valence-electron chi connectivity index (χ3n) is 4.48.